The van der Waals surface area contributed by atoms with Crippen LogP contribution in [0.25, 0.3) is 0 Å². The first-order chi connectivity index (χ1) is 14.5. The van der Waals surface area contributed by atoms with Crippen LogP contribution < -0.4 is 16.2 Å². The number of rotatable bonds is 7. The number of fused-ring (bicyclic) bond motifs is 1. The van der Waals surface area contributed by atoms with Gasteiger partial charge in [-0.15, -0.1) is 0 Å². The van der Waals surface area contributed by atoms with E-state index in [2.05, 4.69) is 28.1 Å². The van der Waals surface area contributed by atoms with Crippen molar-refractivity contribution in [3.63, 3.8) is 0 Å². The number of carbonyl (C=O) groups is 1. The maximum atomic E-state index is 13.0. The molecule has 0 aliphatic carbocycles. The molecule has 2 unspecified atom stereocenters. The van der Waals surface area contributed by atoms with Crippen molar-refractivity contribution in [2.24, 2.45) is 0 Å². The zero-order valence-corrected chi connectivity index (χ0v) is 18.0. The second-order valence-electron chi connectivity index (χ2n) is 7.70. The highest BCUT2D eigenvalue weighted by atomic mass is 32.2. The van der Waals surface area contributed by atoms with E-state index in [1.807, 2.05) is 0 Å². The molecule has 2 heterocycles. The number of aromatic hydroxyl groups is 1. The van der Waals surface area contributed by atoms with Gasteiger partial charge in [-0.1, -0.05) is 18.7 Å². The van der Waals surface area contributed by atoms with Crippen molar-refractivity contribution in [3.8, 4) is 5.75 Å². The van der Waals surface area contributed by atoms with E-state index in [0.29, 0.717) is 36.5 Å². The Bertz CT molecular complexity index is 1170. The summed E-state index contributed by atoms with van der Waals surface area (Å²) in [4.78, 5) is 29.6. The molecule has 0 spiro atoms. The van der Waals surface area contributed by atoms with Gasteiger partial charge in [-0.2, -0.15) is 0 Å². The van der Waals surface area contributed by atoms with Gasteiger partial charge in [-0.05, 0) is 45.9 Å². The van der Waals surface area contributed by atoms with Crippen LogP contribution in [-0.4, -0.2) is 42.7 Å². The normalized spacial score (nSPS) is 17.3. The number of benzene rings is 1. The van der Waals surface area contributed by atoms with E-state index in [9.17, 15) is 23.3 Å². The molecule has 1 amide bonds. The second-order valence-corrected chi connectivity index (χ2v) is 10.4. The van der Waals surface area contributed by atoms with Crippen molar-refractivity contribution in [2.75, 3.05) is 12.0 Å². The summed E-state index contributed by atoms with van der Waals surface area (Å²) in [5.74, 6) is 2.23. The molecule has 3 N–H and O–H groups in total. The minimum atomic E-state index is -2.30. The monoisotopic (exact) mass is 448 g/mol. The SMILES string of the molecule is C=C(CS(=C)(C)=O)NC1CCCn2c1nc(C(=O)NCc1ccc(F)cc1)c(O)c2=O. The van der Waals surface area contributed by atoms with Crippen LogP contribution in [0.3, 0.4) is 0 Å². The number of hydrogen-bond acceptors (Lipinski definition) is 6. The Morgan fingerprint density at radius 1 is 1.39 bits per heavy atom. The third-order valence-corrected chi connectivity index (χ3v) is 5.76. The molecule has 10 heteroatoms. The average molecular weight is 449 g/mol. The number of amides is 1. The van der Waals surface area contributed by atoms with Gasteiger partial charge in [0.2, 0.25) is 5.75 Å². The third-order valence-electron chi connectivity index (χ3n) is 4.80. The van der Waals surface area contributed by atoms with Gasteiger partial charge < -0.3 is 15.7 Å². The summed E-state index contributed by atoms with van der Waals surface area (Å²) in [5.41, 5.74) is 0.0568. The van der Waals surface area contributed by atoms with Gasteiger partial charge in [-0.3, -0.25) is 18.4 Å². The molecule has 2 aromatic rings. The molecule has 2 atom stereocenters. The van der Waals surface area contributed by atoms with Crippen LogP contribution in [0.4, 0.5) is 4.39 Å². The van der Waals surface area contributed by atoms with Crippen molar-refractivity contribution >= 4 is 21.3 Å². The summed E-state index contributed by atoms with van der Waals surface area (Å²) in [6.45, 7) is 4.31. The molecule has 1 aliphatic rings. The van der Waals surface area contributed by atoms with E-state index in [-0.39, 0.29) is 18.0 Å². The molecule has 8 nitrogen and oxygen atoms in total. The lowest BCUT2D eigenvalue weighted by Crippen LogP contribution is -2.38. The predicted octanol–water partition coefficient (Wildman–Crippen LogP) is 1.30. The van der Waals surface area contributed by atoms with Gasteiger partial charge in [0.1, 0.15) is 11.6 Å². The first-order valence-corrected chi connectivity index (χ1v) is 12.0. The summed E-state index contributed by atoms with van der Waals surface area (Å²) in [6, 6.07) is 5.15. The Morgan fingerprint density at radius 3 is 2.71 bits per heavy atom. The summed E-state index contributed by atoms with van der Waals surface area (Å²) < 4.78 is 26.3. The highest BCUT2D eigenvalue weighted by molar-refractivity contribution is 7.99. The highest BCUT2D eigenvalue weighted by Gasteiger charge is 2.28. The summed E-state index contributed by atoms with van der Waals surface area (Å²) >= 11 is 0. The largest absolute Gasteiger partial charge is 0.501 e. The standard InChI is InChI=1S/C21H25FN4O4S/c1-13(12-31(2,3)30)24-16-5-4-10-26-19(16)25-17(18(27)21(26)29)20(28)23-11-14-6-8-15(22)9-7-14/h6-9,16,24,27H,1-2,4-5,10-12H2,3H3,(H,23,28). The van der Waals surface area contributed by atoms with Gasteiger partial charge in [0.15, 0.2) is 5.69 Å². The molecular weight excluding hydrogens is 423 g/mol. The molecule has 1 aromatic carbocycles. The molecule has 0 saturated heterocycles. The molecular formula is C21H25FN4O4S. The second kappa shape index (κ2) is 8.93. The fourth-order valence-electron chi connectivity index (χ4n) is 3.45. The Morgan fingerprint density at radius 2 is 2.06 bits per heavy atom. The first-order valence-electron chi connectivity index (χ1n) is 9.65. The van der Waals surface area contributed by atoms with Crippen LogP contribution >= 0.6 is 0 Å². The van der Waals surface area contributed by atoms with E-state index >= 15 is 0 Å². The molecule has 3 rings (SSSR count). The Labute approximate surface area is 179 Å². The fraction of sp³-hybridized carbons (Fsp3) is 0.333. The van der Waals surface area contributed by atoms with Crippen molar-refractivity contribution in [3.05, 3.63) is 69.8 Å². The van der Waals surface area contributed by atoms with Crippen molar-refractivity contribution in [2.45, 2.75) is 32.0 Å². The Balaban J connectivity index is 1.85. The third kappa shape index (κ3) is 5.52. The average Bonchev–Trinajstić information content (AvgIpc) is 2.69. The first kappa shape index (κ1) is 22.5. The smallest absolute Gasteiger partial charge is 0.296 e. The van der Waals surface area contributed by atoms with Gasteiger partial charge in [-0.25, -0.2) is 9.37 Å². The molecule has 31 heavy (non-hydrogen) atoms. The van der Waals surface area contributed by atoms with Crippen LogP contribution in [0.5, 0.6) is 5.75 Å². The summed E-state index contributed by atoms with van der Waals surface area (Å²) in [5, 5.41) is 16.0. The minimum absolute atomic E-state index is 0.0749. The fourth-order valence-corrected chi connectivity index (χ4v) is 4.27. The van der Waals surface area contributed by atoms with Crippen LogP contribution in [0.1, 0.15) is 40.8 Å². The maximum Gasteiger partial charge on any atom is 0.296 e. The van der Waals surface area contributed by atoms with Crippen molar-refractivity contribution < 1.29 is 18.5 Å². The van der Waals surface area contributed by atoms with E-state index in [1.54, 1.807) is 0 Å². The van der Waals surface area contributed by atoms with E-state index in [0.717, 1.165) is 0 Å². The van der Waals surface area contributed by atoms with Gasteiger partial charge >= 0.3 is 0 Å². The zero-order valence-electron chi connectivity index (χ0n) is 17.2. The molecule has 0 fully saturated rings. The molecule has 0 radical (unpaired) electrons. The Kier molecular flexibility index (Phi) is 6.49. The quantitative estimate of drug-likeness (QED) is 0.551. The van der Waals surface area contributed by atoms with Crippen LogP contribution in [-0.2, 0) is 22.6 Å². The van der Waals surface area contributed by atoms with Crippen molar-refractivity contribution in [1.82, 2.24) is 20.2 Å². The van der Waals surface area contributed by atoms with Crippen molar-refractivity contribution in [1.29, 1.82) is 0 Å². The lowest BCUT2D eigenvalue weighted by molar-refractivity contribution is 0.0941. The number of carbonyl (C=O) groups excluding carboxylic acids is 1. The van der Waals surface area contributed by atoms with E-state index in [4.69, 9.17) is 0 Å². The molecule has 0 bridgehead atoms. The van der Waals surface area contributed by atoms with Crippen LogP contribution in [0.2, 0.25) is 0 Å². The highest BCUT2D eigenvalue weighted by Crippen LogP contribution is 2.25. The zero-order chi connectivity index (χ0) is 22.8. The molecule has 1 aromatic heterocycles. The topological polar surface area (TPSA) is 113 Å². The van der Waals surface area contributed by atoms with E-state index in [1.165, 1.54) is 35.1 Å². The number of nitrogens with one attached hydrogen (secondary N) is 2. The van der Waals surface area contributed by atoms with E-state index < -0.39 is 38.6 Å². The van der Waals surface area contributed by atoms with Crippen LogP contribution in [0.15, 0.2) is 41.3 Å². The van der Waals surface area contributed by atoms with Gasteiger partial charge in [0, 0.05) is 25.0 Å². The Hall–Kier alpha value is -3.14. The number of aromatic nitrogens is 2. The molecule has 166 valence electrons. The number of hydrogen-bond donors (Lipinski definition) is 3. The van der Waals surface area contributed by atoms with Gasteiger partial charge in [0.05, 0.1) is 11.8 Å². The predicted molar refractivity (Wildman–Crippen MR) is 118 cm³/mol. The van der Waals surface area contributed by atoms with Gasteiger partial charge in [0.25, 0.3) is 11.5 Å². The molecule has 1 aliphatic heterocycles. The maximum absolute atomic E-state index is 13.0. The summed E-state index contributed by atoms with van der Waals surface area (Å²) in [7, 11) is -2.30. The molecule has 0 saturated carbocycles. The lowest BCUT2D eigenvalue weighted by Gasteiger charge is -2.28. The lowest BCUT2D eigenvalue weighted by atomic mass is 10.1. The minimum Gasteiger partial charge on any atom is -0.501 e. The number of nitrogens with zero attached hydrogens (tertiary/aromatic N) is 2. The van der Waals surface area contributed by atoms with Crippen LogP contribution in [0, 0.1) is 5.82 Å². The summed E-state index contributed by atoms with van der Waals surface area (Å²) in [6.07, 6.45) is 2.80. The number of halogens is 1.